The molecule has 2 heterocycles. The molecule has 152 valence electrons. The van der Waals surface area contributed by atoms with E-state index >= 15 is 0 Å². The minimum atomic E-state index is -0.144. The van der Waals surface area contributed by atoms with E-state index in [4.69, 9.17) is 25.8 Å². The second kappa shape index (κ2) is 8.61. The molecule has 2 aromatic carbocycles. The number of hydrogen-bond donors (Lipinski definition) is 1. The summed E-state index contributed by atoms with van der Waals surface area (Å²) in [5.74, 6) is 1.48. The number of carbonyl (C=O) groups is 2. The van der Waals surface area contributed by atoms with Gasteiger partial charge >= 0.3 is 0 Å². The average molecular weight is 417 g/mol. The van der Waals surface area contributed by atoms with E-state index in [1.165, 1.54) is 0 Å². The molecule has 0 bridgehead atoms. The van der Waals surface area contributed by atoms with Crippen LogP contribution in [-0.4, -0.2) is 43.2 Å². The maximum Gasteiger partial charge on any atom is 0.260 e. The third-order valence-corrected chi connectivity index (χ3v) is 5.36. The van der Waals surface area contributed by atoms with Crippen LogP contribution in [0, 0.1) is 5.92 Å². The second-order valence-electron chi connectivity index (χ2n) is 6.93. The van der Waals surface area contributed by atoms with E-state index in [2.05, 4.69) is 5.32 Å². The molecule has 0 spiro atoms. The summed E-state index contributed by atoms with van der Waals surface area (Å²) in [5.41, 5.74) is 0.672. The Morgan fingerprint density at radius 3 is 2.66 bits per heavy atom. The van der Waals surface area contributed by atoms with Crippen LogP contribution in [0.5, 0.6) is 17.2 Å². The SMILES string of the molecule is O=C(Nc1ccc2c(c1)OCO2)C1CCN(C(=O)COc2ccccc2Cl)CC1. The van der Waals surface area contributed by atoms with E-state index in [1.807, 2.05) is 0 Å². The van der Waals surface area contributed by atoms with Gasteiger partial charge in [-0.05, 0) is 37.1 Å². The predicted molar refractivity (Wildman–Crippen MR) is 107 cm³/mol. The molecule has 8 heteroatoms. The van der Waals surface area contributed by atoms with E-state index in [0.29, 0.717) is 53.9 Å². The van der Waals surface area contributed by atoms with Crippen LogP contribution >= 0.6 is 11.6 Å². The number of hydrogen-bond acceptors (Lipinski definition) is 5. The minimum Gasteiger partial charge on any atom is -0.482 e. The van der Waals surface area contributed by atoms with Crippen LogP contribution in [0.4, 0.5) is 5.69 Å². The Balaban J connectivity index is 1.25. The van der Waals surface area contributed by atoms with Crippen LogP contribution in [0.2, 0.25) is 5.02 Å². The van der Waals surface area contributed by atoms with Crippen molar-refractivity contribution in [1.29, 1.82) is 0 Å². The van der Waals surface area contributed by atoms with Crippen LogP contribution in [-0.2, 0) is 9.59 Å². The first-order valence-corrected chi connectivity index (χ1v) is 9.83. The van der Waals surface area contributed by atoms with Crippen LogP contribution in [0.1, 0.15) is 12.8 Å². The molecule has 1 saturated heterocycles. The molecule has 0 aliphatic carbocycles. The van der Waals surface area contributed by atoms with Gasteiger partial charge in [0.1, 0.15) is 5.75 Å². The number of fused-ring (bicyclic) bond motifs is 1. The lowest BCUT2D eigenvalue weighted by atomic mass is 9.95. The number of rotatable bonds is 5. The molecule has 2 aliphatic heterocycles. The van der Waals surface area contributed by atoms with Crippen molar-refractivity contribution in [2.45, 2.75) is 12.8 Å². The molecule has 2 aromatic rings. The monoisotopic (exact) mass is 416 g/mol. The number of halogens is 1. The third kappa shape index (κ3) is 4.56. The van der Waals surface area contributed by atoms with Crippen molar-refractivity contribution in [1.82, 2.24) is 4.90 Å². The Morgan fingerprint density at radius 2 is 1.86 bits per heavy atom. The summed E-state index contributed by atoms with van der Waals surface area (Å²) >= 11 is 6.04. The smallest absolute Gasteiger partial charge is 0.260 e. The van der Waals surface area contributed by atoms with Gasteiger partial charge in [-0.3, -0.25) is 9.59 Å². The van der Waals surface area contributed by atoms with Crippen molar-refractivity contribution in [2.24, 2.45) is 5.92 Å². The second-order valence-corrected chi connectivity index (χ2v) is 7.34. The average Bonchev–Trinajstić information content (AvgIpc) is 3.21. The van der Waals surface area contributed by atoms with Crippen LogP contribution in [0.15, 0.2) is 42.5 Å². The number of piperidine rings is 1. The molecule has 1 N–H and O–H groups in total. The fourth-order valence-electron chi connectivity index (χ4n) is 3.40. The van der Waals surface area contributed by atoms with E-state index in [9.17, 15) is 9.59 Å². The van der Waals surface area contributed by atoms with E-state index in [1.54, 1.807) is 47.4 Å². The molecule has 2 aliphatic rings. The van der Waals surface area contributed by atoms with Gasteiger partial charge in [-0.2, -0.15) is 0 Å². The van der Waals surface area contributed by atoms with Gasteiger partial charge in [0, 0.05) is 30.8 Å². The molecular formula is C21H21ClN2O5. The summed E-state index contributed by atoms with van der Waals surface area (Å²) < 4.78 is 16.1. The highest BCUT2D eigenvalue weighted by Gasteiger charge is 2.28. The standard InChI is InChI=1S/C21H21ClN2O5/c22-16-3-1-2-4-17(16)27-12-20(25)24-9-7-14(8-10-24)21(26)23-15-5-6-18-19(11-15)29-13-28-18/h1-6,11,14H,7-10,12-13H2,(H,23,26). The molecular weight excluding hydrogens is 396 g/mol. The number of likely N-dealkylation sites (tertiary alicyclic amines) is 1. The minimum absolute atomic E-state index is 0.0525. The summed E-state index contributed by atoms with van der Waals surface area (Å²) in [5, 5.41) is 3.39. The van der Waals surface area contributed by atoms with Gasteiger partial charge in [-0.25, -0.2) is 0 Å². The van der Waals surface area contributed by atoms with E-state index in [0.717, 1.165) is 0 Å². The van der Waals surface area contributed by atoms with Crippen molar-refractivity contribution in [2.75, 3.05) is 31.8 Å². The number of ether oxygens (including phenoxy) is 3. The zero-order chi connectivity index (χ0) is 20.2. The molecule has 29 heavy (non-hydrogen) atoms. The van der Waals surface area contributed by atoms with E-state index in [-0.39, 0.29) is 31.1 Å². The Hall–Kier alpha value is -2.93. The molecule has 1 fully saturated rings. The van der Waals surface area contributed by atoms with Gasteiger partial charge in [0.2, 0.25) is 12.7 Å². The highest BCUT2D eigenvalue weighted by molar-refractivity contribution is 6.32. The summed E-state index contributed by atoms with van der Waals surface area (Å²) in [6.45, 7) is 1.16. The fourth-order valence-corrected chi connectivity index (χ4v) is 3.59. The lowest BCUT2D eigenvalue weighted by Gasteiger charge is -2.31. The first kappa shape index (κ1) is 19.4. The Kier molecular flexibility index (Phi) is 5.76. The van der Waals surface area contributed by atoms with Gasteiger partial charge in [-0.1, -0.05) is 23.7 Å². The number of para-hydroxylation sites is 1. The van der Waals surface area contributed by atoms with Gasteiger partial charge in [0.05, 0.1) is 5.02 Å². The van der Waals surface area contributed by atoms with Crippen molar-refractivity contribution >= 4 is 29.1 Å². The van der Waals surface area contributed by atoms with E-state index < -0.39 is 0 Å². The van der Waals surface area contributed by atoms with Crippen molar-refractivity contribution < 1.29 is 23.8 Å². The molecule has 4 rings (SSSR count). The molecule has 0 aromatic heterocycles. The molecule has 0 radical (unpaired) electrons. The highest BCUT2D eigenvalue weighted by Crippen LogP contribution is 2.34. The Morgan fingerprint density at radius 1 is 1.10 bits per heavy atom. The molecule has 0 atom stereocenters. The first-order valence-electron chi connectivity index (χ1n) is 9.46. The first-order chi connectivity index (χ1) is 14.1. The molecule has 0 unspecified atom stereocenters. The predicted octanol–water partition coefficient (Wildman–Crippen LogP) is 3.32. The van der Waals surface area contributed by atoms with Crippen molar-refractivity contribution in [3.63, 3.8) is 0 Å². The number of nitrogens with zero attached hydrogens (tertiary/aromatic N) is 1. The Labute approximate surface area is 173 Å². The number of nitrogens with one attached hydrogen (secondary N) is 1. The molecule has 0 saturated carbocycles. The number of amides is 2. The number of carbonyl (C=O) groups excluding carboxylic acids is 2. The maximum absolute atomic E-state index is 12.6. The summed E-state index contributed by atoms with van der Waals surface area (Å²) in [6.07, 6.45) is 1.21. The quantitative estimate of drug-likeness (QED) is 0.809. The fraction of sp³-hybridized carbons (Fsp3) is 0.333. The lowest BCUT2D eigenvalue weighted by Crippen LogP contribution is -2.43. The molecule has 2 amide bonds. The number of anilines is 1. The van der Waals surface area contributed by atoms with Crippen molar-refractivity contribution in [3.8, 4) is 17.2 Å². The van der Waals surface area contributed by atoms with Gasteiger partial charge in [0.25, 0.3) is 5.91 Å². The summed E-state index contributed by atoms with van der Waals surface area (Å²) in [7, 11) is 0. The van der Waals surface area contributed by atoms with Crippen LogP contribution in [0.3, 0.4) is 0 Å². The maximum atomic E-state index is 12.6. The zero-order valence-corrected chi connectivity index (χ0v) is 16.5. The normalized spacial score (nSPS) is 15.8. The topological polar surface area (TPSA) is 77.1 Å². The van der Waals surface area contributed by atoms with Gasteiger partial charge in [0.15, 0.2) is 18.1 Å². The highest BCUT2D eigenvalue weighted by atomic mass is 35.5. The Bertz CT molecular complexity index is 912. The van der Waals surface area contributed by atoms with Crippen molar-refractivity contribution in [3.05, 3.63) is 47.5 Å². The largest absolute Gasteiger partial charge is 0.482 e. The third-order valence-electron chi connectivity index (χ3n) is 5.05. The van der Waals surface area contributed by atoms with Gasteiger partial charge in [-0.15, -0.1) is 0 Å². The lowest BCUT2D eigenvalue weighted by molar-refractivity contribution is -0.136. The molecule has 7 nitrogen and oxygen atoms in total. The summed E-state index contributed by atoms with van der Waals surface area (Å²) in [6, 6.07) is 12.4. The van der Waals surface area contributed by atoms with Crippen LogP contribution in [0.25, 0.3) is 0 Å². The number of benzene rings is 2. The van der Waals surface area contributed by atoms with Crippen LogP contribution < -0.4 is 19.5 Å². The van der Waals surface area contributed by atoms with Gasteiger partial charge < -0.3 is 24.4 Å². The zero-order valence-electron chi connectivity index (χ0n) is 15.7. The summed E-state index contributed by atoms with van der Waals surface area (Å²) in [4.78, 5) is 26.7.